The molecular formula is C17H24N2O4S. The van der Waals surface area contributed by atoms with Crippen molar-refractivity contribution in [2.24, 2.45) is 0 Å². The van der Waals surface area contributed by atoms with E-state index in [9.17, 15) is 18.0 Å². The summed E-state index contributed by atoms with van der Waals surface area (Å²) in [7, 11) is -3.20. The highest BCUT2D eigenvalue weighted by Gasteiger charge is 2.26. The van der Waals surface area contributed by atoms with Gasteiger partial charge in [0.05, 0.1) is 17.0 Å². The molecule has 1 saturated heterocycles. The van der Waals surface area contributed by atoms with Gasteiger partial charge in [0.1, 0.15) is 9.84 Å². The van der Waals surface area contributed by atoms with E-state index >= 15 is 0 Å². The maximum atomic E-state index is 12.8. The van der Waals surface area contributed by atoms with Crippen LogP contribution in [0.4, 0.5) is 5.69 Å². The molecule has 24 heavy (non-hydrogen) atoms. The summed E-state index contributed by atoms with van der Waals surface area (Å²) < 4.78 is 22.3. The number of hydrogen-bond donors (Lipinski definition) is 1. The standard InChI is InChI=1S/C17H24N2O4S/c1-13-7-5-6-11-19(13)17(21)14-8-3-4-9-15(14)18-16(20)10-12-24(2,22)23/h3-4,8-9,13H,5-7,10-12H2,1-2H3,(H,18,20). The van der Waals surface area contributed by atoms with Crippen molar-refractivity contribution < 1.29 is 18.0 Å². The zero-order chi connectivity index (χ0) is 17.7. The summed E-state index contributed by atoms with van der Waals surface area (Å²) in [5.41, 5.74) is 0.873. The summed E-state index contributed by atoms with van der Waals surface area (Å²) in [5, 5.41) is 2.67. The second-order valence-electron chi connectivity index (χ2n) is 6.32. The lowest BCUT2D eigenvalue weighted by Gasteiger charge is -2.33. The van der Waals surface area contributed by atoms with Crippen LogP contribution in [0.2, 0.25) is 0 Å². The maximum absolute atomic E-state index is 12.8. The molecule has 1 heterocycles. The lowest BCUT2D eigenvalue weighted by molar-refractivity contribution is -0.115. The van der Waals surface area contributed by atoms with Gasteiger partial charge in [-0.25, -0.2) is 8.42 Å². The Kier molecular flexibility index (Phi) is 5.99. The SMILES string of the molecule is CC1CCCCN1C(=O)c1ccccc1NC(=O)CCS(C)(=O)=O. The van der Waals surface area contributed by atoms with Gasteiger partial charge in [0, 0.05) is 25.3 Å². The minimum Gasteiger partial charge on any atom is -0.336 e. The quantitative estimate of drug-likeness (QED) is 0.879. The van der Waals surface area contributed by atoms with Gasteiger partial charge in [-0.05, 0) is 38.3 Å². The minimum absolute atomic E-state index is 0.0961. The molecule has 0 radical (unpaired) electrons. The van der Waals surface area contributed by atoms with Crippen molar-refractivity contribution in [1.29, 1.82) is 0 Å². The molecule has 1 aromatic carbocycles. The molecule has 2 rings (SSSR count). The average molecular weight is 352 g/mol. The fourth-order valence-electron chi connectivity index (χ4n) is 2.82. The molecule has 1 aliphatic rings. The predicted octanol–water partition coefficient (Wildman–Crippen LogP) is 2.07. The number of nitrogens with one attached hydrogen (secondary N) is 1. The molecule has 7 heteroatoms. The Balaban J connectivity index is 2.12. The van der Waals surface area contributed by atoms with Crippen molar-refractivity contribution in [3.63, 3.8) is 0 Å². The largest absolute Gasteiger partial charge is 0.336 e. The minimum atomic E-state index is -3.20. The smallest absolute Gasteiger partial charge is 0.256 e. The Bertz CT molecular complexity index is 715. The van der Waals surface area contributed by atoms with Gasteiger partial charge < -0.3 is 10.2 Å². The highest BCUT2D eigenvalue weighted by molar-refractivity contribution is 7.90. The van der Waals surface area contributed by atoms with E-state index in [1.807, 2.05) is 11.8 Å². The number of benzene rings is 1. The Labute approximate surface area is 143 Å². The molecule has 2 amide bonds. The van der Waals surface area contributed by atoms with Crippen molar-refractivity contribution in [3.05, 3.63) is 29.8 Å². The molecule has 1 aromatic rings. The lowest BCUT2D eigenvalue weighted by atomic mass is 10.0. The van der Waals surface area contributed by atoms with Crippen molar-refractivity contribution >= 4 is 27.3 Å². The van der Waals surface area contributed by atoms with E-state index in [0.29, 0.717) is 11.3 Å². The van der Waals surface area contributed by atoms with E-state index in [4.69, 9.17) is 0 Å². The summed E-state index contributed by atoms with van der Waals surface area (Å²) in [4.78, 5) is 26.6. The van der Waals surface area contributed by atoms with Crippen LogP contribution in [0.15, 0.2) is 24.3 Å². The number of piperidine rings is 1. The van der Waals surface area contributed by atoms with Crippen LogP contribution in [0.25, 0.3) is 0 Å². The molecule has 132 valence electrons. The summed E-state index contributed by atoms with van der Waals surface area (Å²) in [6.07, 6.45) is 4.05. The number of rotatable bonds is 5. The van der Waals surface area contributed by atoms with Crippen LogP contribution in [0.1, 0.15) is 43.0 Å². The van der Waals surface area contributed by atoms with Crippen LogP contribution in [0, 0.1) is 0 Å². The van der Waals surface area contributed by atoms with Crippen LogP contribution in [0.5, 0.6) is 0 Å². The van der Waals surface area contributed by atoms with Crippen molar-refractivity contribution in [2.45, 2.75) is 38.6 Å². The number of anilines is 1. The average Bonchev–Trinajstić information content (AvgIpc) is 2.53. The third-order valence-corrected chi connectivity index (χ3v) is 5.14. The third kappa shape index (κ3) is 5.06. The highest BCUT2D eigenvalue weighted by Crippen LogP contribution is 2.23. The molecule has 1 aliphatic heterocycles. The van der Waals surface area contributed by atoms with E-state index < -0.39 is 15.7 Å². The van der Waals surface area contributed by atoms with Crippen LogP contribution in [-0.4, -0.2) is 49.7 Å². The first kappa shape index (κ1) is 18.4. The van der Waals surface area contributed by atoms with E-state index in [1.165, 1.54) is 0 Å². The van der Waals surface area contributed by atoms with Crippen LogP contribution < -0.4 is 5.32 Å². The van der Waals surface area contributed by atoms with Crippen molar-refractivity contribution in [3.8, 4) is 0 Å². The van der Waals surface area contributed by atoms with Crippen LogP contribution in [-0.2, 0) is 14.6 Å². The zero-order valence-electron chi connectivity index (χ0n) is 14.1. The second kappa shape index (κ2) is 7.79. The summed E-state index contributed by atoms with van der Waals surface area (Å²) >= 11 is 0. The molecule has 1 atom stereocenters. The van der Waals surface area contributed by atoms with E-state index in [2.05, 4.69) is 5.32 Å². The molecule has 0 spiro atoms. The van der Waals surface area contributed by atoms with Gasteiger partial charge in [0.15, 0.2) is 0 Å². The molecule has 1 N–H and O–H groups in total. The predicted molar refractivity (Wildman–Crippen MR) is 93.7 cm³/mol. The number of carbonyl (C=O) groups is 2. The maximum Gasteiger partial charge on any atom is 0.256 e. The zero-order valence-corrected chi connectivity index (χ0v) is 14.9. The van der Waals surface area contributed by atoms with E-state index in [0.717, 1.165) is 32.1 Å². The van der Waals surface area contributed by atoms with Crippen molar-refractivity contribution in [1.82, 2.24) is 4.90 Å². The summed E-state index contributed by atoms with van der Waals surface area (Å²) in [6, 6.07) is 7.03. The van der Waals surface area contributed by atoms with Crippen LogP contribution >= 0.6 is 0 Å². The topological polar surface area (TPSA) is 83.6 Å². The van der Waals surface area contributed by atoms with E-state index in [1.54, 1.807) is 24.3 Å². The normalized spacial score (nSPS) is 18.2. The Morgan fingerprint density at radius 1 is 1.25 bits per heavy atom. The highest BCUT2D eigenvalue weighted by atomic mass is 32.2. The molecule has 1 fully saturated rings. The monoisotopic (exact) mass is 352 g/mol. The molecule has 0 aliphatic carbocycles. The Morgan fingerprint density at radius 3 is 2.62 bits per heavy atom. The number of likely N-dealkylation sites (tertiary alicyclic amines) is 1. The third-order valence-electron chi connectivity index (χ3n) is 4.20. The number of carbonyl (C=O) groups excluding carboxylic acids is 2. The molecule has 1 unspecified atom stereocenters. The lowest BCUT2D eigenvalue weighted by Crippen LogP contribution is -2.42. The second-order valence-corrected chi connectivity index (χ2v) is 8.58. The van der Waals surface area contributed by atoms with Gasteiger partial charge >= 0.3 is 0 Å². The molecule has 0 saturated carbocycles. The summed E-state index contributed by atoms with van der Waals surface area (Å²) in [6.45, 7) is 2.75. The molecule has 0 aromatic heterocycles. The molecule has 6 nitrogen and oxygen atoms in total. The fourth-order valence-corrected chi connectivity index (χ4v) is 3.38. The fraction of sp³-hybridized carbons (Fsp3) is 0.529. The molecule has 0 bridgehead atoms. The first-order valence-corrected chi connectivity index (χ1v) is 10.2. The summed E-state index contributed by atoms with van der Waals surface area (Å²) in [5.74, 6) is -0.716. The number of sulfone groups is 1. The van der Waals surface area contributed by atoms with Gasteiger partial charge in [-0.1, -0.05) is 12.1 Å². The number of hydrogen-bond acceptors (Lipinski definition) is 4. The van der Waals surface area contributed by atoms with Crippen molar-refractivity contribution in [2.75, 3.05) is 23.9 Å². The van der Waals surface area contributed by atoms with Gasteiger partial charge in [0.25, 0.3) is 5.91 Å². The molecular weight excluding hydrogens is 328 g/mol. The van der Waals surface area contributed by atoms with Gasteiger partial charge in [-0.3, -0.25) is 9.59 Å². The van der Waals surface area contributed by atoms with E-state index in [-0.39, 0.29) is 24.1 Å². The Hall–Kier alpha value is -1.89. The van der Waals surface area contributed by atoms with Gasteiger partial charge in [-0.2, -0.15) is 0 Å². The number of nitrogens with zero attached hydrogens (tertiary/aromatic N) is 1. The first-order valence-electron chi connectivity index (χ1n) is 8.15. The first-order chi connectivity index (χ1) is 11.3. The van der Waals surface area contributed by atoms with Crippen LogP contribution in [0.3, 0.4) is 0 Å². The number of para-hydroxylation sites is 1. The van der Waals surface area contributed by atoms with Gasteiger partial charge in [0.2, 0.25) is 5.91 Å². The van der Waals surface area contributed by atoms with Gasteiger partial charge in [-0.15, -0.1) is 0 Å². The Morgan fingerprint density at radius 2 is 1.96 bits per heavy atom. The number of amides is 2.